The highest BCUT2D eigenvalue weighted by molar-refractivity contribution is 5.92. The first-order valence-electron chi connectivity index (χ1n) is 6.18. The number of nitrogens with one attached hydrogen (secondary N) is 1. The second-order valence-electron chi connectivity index (χ2n) is 4.22. The zero-order chi connectivity index (χ0) is 13.4. The molecule has 0 saturated carbocycles. The van der Waals surface area contributed by atoms with Crippen LogP contribution in [0, 0.1) is 17.8 Å². The van der Waals surface area contributed by atoms with Crippen molar-refractivity contribution < 1.29 is 9.90 Å². The minimum Gasteiger partial charge on any atom is -0.384 e. The highest BCUT2D eigenvalue weighted by atomic mass is 16.2. The second kappa shape index (κ2) is 7.52. The molecular formula is C15H19NO2. The summed E-state index contributed by atoms with van der Waals surface area (Å²) in [5, 5.41) is 11.5. The first-order valence-corrected chi connectivity index (χ1v) is 6.18. The summed E-state index contributed by atoms with van der Waals surface area (Å²) in [5.74, 6) is 5.46. The average Bonchev–Trinajstić information content (AvgIpc) is 2.38. The van der Waals surface area contributed by atoms with Gasteiger partial charge in [0.25, 0.3) is 0 Å². The van der Waals surface area contributed by atoms with Gasteiger partial charge in [0.2, 0.25) is 5.91 Å². The quantitative estimate of drug-likeness (QED) is 0.800. The van der Waals surface area contributed by atoms with Crippen molar-refractivity contribution in [2.75, 3.05) is 11.9 Å². The van der Waals surface area contributed by atoms with Gasteiger partial charge in [0.15, 0.2) is 0 Å². The van der Waals surface area contributed by atoms with E-state index < -0.39 is 0 Å². The molecule has 2 N–H and O–H groups in total. The minimum atomic E-state index is -0.146. The summed E-state index contributed by atoms with van der Waals surface area (Å²) in [7, 11) is 0. The Morgan fingerprint density at radius 2 is 2.06 bits per heavy atom. The van der Waals surface area contributed by atoms with E-state index in [1.165, 1.54) is 0 Å². The van der Waals surface area contributed by atoms with Crippen LogP contribution in [-0.2, 0) is 4.79 Å². The van der Waals surface area contributed by atoms with Crippen LogP contribution in [0.5, 0.6) is 0 Å². The van der Waals surface area contributed by atoms with E-state index in [4.69, 9.17) is 5.11 Å². The summed E-state index contributed by atoms with van der Waals surface area (Å²) in [4.78, 5) is 11.8. The Morgan fingerprint density at radius 3 is 2.61 bits per heavy atom. The molecule has 0 aromatic heterocycles. The Hall–Kier alpha value is -1.79. The number of carbonyl (C=O) groups excluding carboxylic acids is 1. The van der Waals surface area contributed by atoms with E-state index in [-0.39, 0.29) is 18.4 Å². The predicted molar refractivity (Wildman–Crippen MR) is 73.1 cm³/mol. The van der Waals surface area contributed by atoms with Gasteiger partial charge in [0.05, 0.1) is 0 Å². The number of hydrogen-bond donors (Lipinski definition) is 2. The summed E-state index contributed by atoms with van der Waals surface area (Å²) < 4.78 is 0. The number of amides is 1. The summed E-state index contributed by atoms with van der Waals surface area (Å²) in [6, 6.07) is 7.28. The predicted octanol–water partition coefficient (Wildman–Crippen LogP) is 2.41. The molecule has 0 aliphatic carbocycles. The van der Waals surface area contributed by atoms with Crippen molar-refractivity contribution in [3.63, 3.8) is 0 Å². The van der Waals surface area contributed by atoms with Crippen LogP contribution in [0.25, 0.3) is 0 Å². The van der Waals surface area contributed by atoms with Crippen molar-refractivity contribution >= 4 is 11.6 Å². The van der Waals surface area contributed by atoms with Gasteiger partial charge in [-0.05, 0) is 30.7 Å². The van der Waals surface area contributed by atoms with Crippen molar-refractivity contribution in [2.24, 2.45) is 5.92 Å². The van der Waals surface area contributed by atoms with Gasteiger partial charge < -0.3 is 10.4 Å². The maximum atomic E-state index is 11.8. The molecule has 0 aliphatic heterocycles. The van der Waals surface area contributed by atoms with Gasteiger partial charge in [-0.25, -0.2) is 0 Å². The van der Waals surface area contributed by atoms with E-state index in [2.05, 4.69) is 24.1 Å². The standard InChI is InChI=1S/C15H19NO2/c1-3-5-12(2)15(18)16-14-9-7-13(8-10-14)6-4-11-17/h7-10,12,17H,3,5,11H2,1-2H3,(H,16,18). The fourth-order valence-corrected chi connectivity index (χ4v) is 1.61. The van der Waals surface area contributed by atoms with Crippen LogP contribution in [0.3, 0.4) is 0 Å². The summed E-state index contributed by atoms with van der Waals surface area (Å²) in [6.45, 7) is 3.85. The fourth-order valence-electron chi connectivity index (χ4n) is 1.61. The molecule has 1 rings (SSSR count). The number of aliphatic hydroxyl groups is 1. The van der Waals surface area contributed by atoms with Crippen LogP contribution in [0.4, 0.5) is 5.69 Å². The lowest BCUT2D eigenvalue weighted by molar-refractivity contribution is -0.119. The molecule has 0 heterocycles. The molecule has 0 bridgehead atoms. The van der Waals surface area contributed by atoms with E-state index >= 15 is 0 Å². The van der Waals surface area contributed by atoms with Gasteiger partial charge in [-0.1, -0.05) is 32.1 Å². The third kappa shape index (κ3) is 4.60. The van der Waals surface area contributed by atoms with Crippen LogP contribution in [0.1, 0.15) is 32.3 Å². The van der Waals surface area contributed by atoms with E-state index in [1.807, 2.05) is 31.2 Å². The van der Waals surface area contributed by atoms with Gasteiger partial charge in [0.1, 0.15) is 6.61 Å². The van der Waals surface area contributed by atoms with E-state index in [0.717, 1.165) is 24.1 Å². The zero-order valence-electron chi connectivity index (χ0n) is 10.9. The lowest BCUT2D eigenvalue weighted by Crippen LogP contribution is -2.20. The normalized spacial score (nSPS) is 11.3. The maximum Gasteiger partial charge on any atom is 0.227 e. The SMILES string of the molecule is CCCC(C)C(=O)Nc1ccc(C#CCO)cc1. The van der Waals surface area contributed by atoms with Crippen molar-refractivity contribution in [2.45, 2.75) is 26.7 Å². The van der Waals surface area contributed by atoms with Crippen LogP contribution in [0.15, 0.2) is 24.3 Å². The molecule has 3 nitrogen and oxygen atoms in total. The fraction of sp³-hybridized carbons (Fsp3) is 0.400. The maximum absolute atomic E-state index is 11.8. The number of anilines is 1. The van der Waals surface area contributed by atoms with E-state index in [0.29, 0.717) is 0 Å². The number of benzene rings is 1. The van der Waals surface area contributed by atoms with E-state index in [1.54, 1.807) is 0 Å². The van der Waals surface area contributed by atoms with Gasteiger partial charge in [-0.2, -0.15) is 0 Å². The first kappa shape index (κ1) is 14.3. The molecule has 0 fully saturated rings. The summed E-state index contributed by atoms with van der Waals surface area (Å²) in [6.07, 6.45) is 1.90. The molecule has 1 aromatic carbocycles. The number of aliphatic hydroxyl groups excluding tert-OH is 1. The zero-order valence-corrected chi connectivity index (χ0v) is 10.9. The van der Waals surface area contributed by atoms with E-state index in [9.17, 15) is 4.79 Å². The van der Waals surface area contributed by atoms with Crippen molar-refractivity contribution in [3.8, 4) is 11.8 Å². The average molecular weight is 245 g/mol. The summed E-state index contributed by atoms with van der Waals surface area (Å²) in [5.41, 5.74) is 1.60. The molecule has 0 saturated heterocycles. The molecule has 1 atom stereocenters. The highest BCUT2D eigenvalue weighted by Crippen LogP contribution is 2.12. The van der Waals surface area contributed by atoms with Gasteiger partial charge in [0, 0.05) is 17.2 Å². The highest BCUT2D eigenvalue weighted by Gasteiger charge is 2.11. The molecule has 1 unspecified atom stereocenters. The molecule has 1 aromatic rings. The molecule has 18 heavy (non-hydrogen) atoms. The topological polar surface area (TPSA) is 49.3 Å². The number of hydrogen-bond acceptors (Lipinski definition) is 2. The lowest BCUT2D eigenvalue weighted by atomic mass is 10.1. The Morgan fingerprint density at radius 1 is 1.39 bits per heavy atom. The van der Waals surface area contributed by atoms with Crippen LogP contribution < -0.4 is 5.32 Å². The Balaban J connectivity index is 2.61. The van der Waals surface area contributed by atoms with Gasteiger partial charge >= 0.3 is 0 Å². The van der Waals surface area contributed by atoms with Gasteiger partial charge in [-0.15, -0.1) is 0 Å². The Labute approximate surface area is 108 Å². The molecule has 1 amide bonds. The summed E-state index contributed by atoms with van der Waals surface area (Å²) >= 11 is 0. The Kier molecular flexibility index (Phi) is 5.96. The molecule has 0 spiro atoms. The molecule has 96 valence electrons. The van der Waals surface area contributed by atoms with Gasteiger partial charge in [-0.3, -0.25) is 4.79 Å². The molecule has 0 radical (unpaired) electrons. The van der Waals surface area contributed by atoms with Crippen molar-refractivity contribution in [1.29, 1.82) is 0 Å². The smallest absolute Gasteiger partial charge is 0.227 e. The van der Waals surface area contributed by atoms with Crippen LogP contribution in [-0.4, -0.2) is 17.6 Å². The minimum absolute atomic E-state index is 0.0313. The Bertz CT molecular complexity index is 440. The number of rotatable bonds is 4. The third-order valence-corrected chi connectivity index (χ3v) is 2.63. The largest absolute Gasteiger partial charge is 0.384 e. The van der Waals surface area contributed by atoms with Crippen molar-refractivity contribution in [1.82, 2.24) is 0 Å². The second-order valence-corrected chi connectivity index (χ2v) is 4.22. The first-order chi connectivity index (χ1) is 8.67. The molecular weight excluding hydrogens is 226 g/mol. The number of carbonyl (C=O) groups is 1. The van der Waals surface area contributed by atoms with Crippen LogP contribution in [0.2, 0.25) is 0 Å². The monoisotopic (exact) mass is 245 g/mol. The molecule has 3 heteroatoms. The third-order valence-electron chi connectivity index (χ3n) is 2.63. The molecule has 0 aliphatic rings. The lowest BCUT2D eigenvalue weighted by Gasteiger charge is -2.10. The van der Waals surface area contributed by atoms with Crippen molar-refractivity contribution in [3.05, 3.63) is 29.8 Å². The van der Waals surface area contributed by atoms with Crippen LogP contribution >= 0.6 is 0 Å².